The van der Waals surface area contributed by atoms with E-state index in [1.165, 1.54) is 5.56 Å². The molecule has 1 unspecified atom stereocenters. The zero-order chi connectivity index (χ0) is 21.8. The first-order valence-corrected chi connectivity index (χ1v) is 10.5. The lowest BCUT2D eigenvalue weighted by Crippen LogP contribution is -2.49. The van der Waals surface area contributed by atoms with Gasteiger partial charge in [0.15, 0.2) is 6.61 Å². The number of rotatable bonds is 6. The monoisotopic (exact) mass is 429 g/mol. The van der Waals surface area contributed by atoms with Gasteiger partial charge in [-0.15, -0.1) is 0 Å². The number of carbonyl (C=O) groups is 2. The van der Waals surface area contributed by atoms with Gasteiger partial charge in [0, 0.05) is 42.8 Å². The Morgan fingerprint density at radius 3 is 2.27 bits per heavy atom. The standard InChI is InChI=1S/C23H28ClN3O3/c1-15-16(2)21(30-14-22(25)28)9-8-20(15)17(3)26-10-12-27(13-11-26)23(29)18-4-6-19(24)7-5-18/h4-9,17H,10-14H2,1-3H3,(H2,25,28). The zero-order valence-corrected chi connectivity index (χ0v) is 18.4. The second-order valence-corrected chi connectivity index (χ2v) is 8.11. The first-order chi connectivity index (χ1) is 14.3. The number of carbonyl (C=O) groups excluding carboxylic acids is 2. The van der Waals surface area contributed by atoms with Crippen molar-refractivity contribution in [3.8, 4) is 5.75 Å². The van der Waals surface area contributed by atoms with Crippen molar-refractivity contribution in [2.45, 2.75) is 26.8 Å². The van der Waals surface area contributed by atoms with Crippen LogP contribution in [0.2, 0.25) is 5.02 Å². The number of hydrogen-bond donors (Lipinski definition) is 1. The average Bonchev–Trinajstić information content (AvgIpc) is 2.74. The first kappa shape index (κ1) is 22.1. The molecule has 1 aliphatic rings. The topological polar surface area (TPSA) is 75.9 Å². The molecular formula is C23H28ClN3O3. The number of hydrogen-bond acceptors (Lipinski definition) is 4. The van der Waals surface area contributed by atoms with Crippen LogP contribution >= 0.6 is 11.6 Å². The lowest BCUT2D eigenvalue weighted by molar-refractivity contribution is -0.119. The summed E-state index contributed by atoms with van der Waals surface area (Å²) in [6, 6.07) is 11.2. The third-order valence-electron chi connectivity index (χ3n) is 5.84. The van der Waals surface area contributed by atoms with Crippen LogP contribution < -0.4 is 10.5 Å². The minimum absolute atomic E-state index is 0.0435. The minimum atomic E-state index is -0.490. The van der Waals surface area contributed by atoms with E-state index >= 15 is 0 Å². The Morgan fingerprint density at radius 2 is 1.67 bits per heavy atom. The van der Waals surface area contributed by atoms with Crippen LogP contribution in [-0.2, 0) is 4.79 Å². The third kappa shape index (κ3) is 4.94. The number of benzene rings is 2. The first-order valence-electron chi connectivity index (χ1n) is 10.1. The number of primary amides is 1. The molecule has 1 fully saturated rings. The highest BCUT2D eigenvalue weighted by atomic mass is 35.5. The number of halogens is 1. The summed E-state index contributed by atoms with van der Waals surface area (Å²) in [6.07, 6.45) is 0. The molecule has 1 heterocycles. The minimum Gasteiger partial charge on any atom is -0.484 e. The van der Waals surface area contributed by atoms with Crippen molar-refractivity contribution < 1.29 is 14.3 Å². The van der Waals surface area contributed by atoms with E-state index in [0.29, 0.717) is 29.4 Å². The van der Waals surface area contributed by atoms with Gasteiger partial charge >= 0.3 is 0 Å². The van der Waals surface area contributed by atoms with Gasteiger partial charge in [0.25, 0.3) is 11.8 Å². The second-order valence-electron chi connectivity index (χ2n) is 7.67. The summed E-state index contributed by atoms with van der Waals surface area (Å²) in [7, 11) is 0. The fourth-order valence-corrected chi connectivity index (χ4v) is 3.98. The van der Waals surface area contributed by atoms with Gasteiger partial charge in [-0.2, -0.15) is 0 Å². The fraction of sp³-hybridized carbons (Fsp3) is 0.391. The highest BCUT2D eigenvalue weighted by molar-refractivity contribution is 6.30. The van der Waals surface area contributed by atoms with E-state index in [0.717, 1.165) is 24.2 Å². The number of nitrogens with two attached hydrogens (primary N) is 1. The molecule has 2 aromatic carbocycles. The van der Waals surface area contributed by atoms with Gasteiger partial charge in [0.05, 0.1) is 0 Å². The molecular weight excluding hydrogens is 402 g/mol. The van der Waals surface area contributed by atoms with Crippen LogP contribution in [0.5, 0.6) is 5.75 Å². The van der Waals surface area contributed by atoms with E-state index in [-0.39, 0.29) is 18.6 Å². The van der Waals surface area contributed by atoms with E-state index in [9.17, 15) is 9.59 Å². The Morgan fingerprint density at radius 1 is 1.03 bits per heavy atom. The van der Waals surface area contributed by atoms with Crippen molar-refractivity contribution in [1.82, 2.24) is 9.80 Å². The molecule has 0 spiro atoms. The van der Waals surface area contributed by atoms with Crippen molar-refractivity contribution in [3.05, 3.63) is 63.7 Å². The third-order valence-corrected chi connectivity index (χ3v) is 6.09. The van der Waals surface area contributed by atoms with E-state index < -0.39 is 5.91 Å². The van der Waals surface area contributed by atoms with Crippen molar-refractivity contribution in [2.24, 2.45) is 5.73 Å². The van der Waals surface area contributed by atoms with Crippen LogP contribution in [0, 0.1) is 13.8 Å². The highest BCUT2D eigenvalue weighted by Gasteiger charge is 2.26. The Labute approximate surface area is 182 Å². The van der Waals surface area contributed by atoms with E-state index in [1.54, 1.807) is 24.3 Å². The Balaban J connectivity index is 1.64. The molecule has 1 aliphatic heterocycles. The number of ether oxygens (including phenoxy) is 1. The average molecular weight is 430 g/mol. The molecule has 0 aromatic heterocycles. The van der Waals surface area contributed by atoms with E-state index in [1.807, 2.05) is 17.9 Å². The summed E-state index contributed by atoms with van der Waals surface area (Å²) in [5, 5.41) is 0.627. The summed E-state index contributed by atoms with van der Waals surface area (Å²) in [5.74, 6) is 0.234. The number of piperazine rings is 1. The Bertz CT molecular complexity index is 922. The van der Waals surface area contributed by atoms with Crippen molar-refractivity contribution in [2.75, 3.05) is 32.8 Å². The maximum Gasteiger partial charge on any atom is 0.255 e. The van der Waals surface area contributed by atoms with Crippen molar-refractivity contribution >= 4 is 23.4 Å². The number of nitrogens with zero attached hydrogens (tertiary/aromatic N) is 2. The summed E-state index contributed by atoms with van der Waals surface area (Å²) in [5.41, 5.74) is 9.21. The molecule has 0 saturated carbocycles. The quantitative estimate of drug-likeness (QED) is 0.764. The summed E-state index contributed by atoms with van der Waals surface area (Å²) >= 11 is 5.92. The lowest BCUT2D eigenvalue weighted by Gasteiger charge is -2.38. The predicted molar refractivity (Wildman–Crippen MR) is 118 cm³/mol. The van der Waals surface area contributed by atoms with Crippen molar-refractivity contribution in [1.29, 1.82) is 0 Å². The molecule has 30 heavy (non-hydrogen) atoms. The molecule has 0 aliphatic carbocycles. The van der Waals surface area contributed by atoms with Gasteiger partial charge in [-0.3, -0.25) is 14.5 Å². The summed E-state index contributed by atoms with van der Waals surface area (Å²) in [6.45, 7) is 9.09. The number of amides is 2. The molecule has 1 saturated heterocycles. The molecule has 1 atom stereocenters. The zero-order valence-electron chi connectivity index (χ0n) is 17.7. The summed E-state index contributed by atoms with van der Waals surface area (Å²) in [4.78, 5) is 28.0. The smallest absolute Gasteiger partial charge is 0.255 e. The Hall–Kier alpha value is -2.57. The second kappa shape index (κ2) is 9.49. The largest absolute Gasteiger partial charge is 0.484 e. The molecule has 0 bridgehead atoms. The van der Waals surface area contributed by atoms with Crippen LogP contribution in [0.4, 0.5) is 0 Å². The molecule has 2 aromatic rings. The molecule has 7 heteroatoms. The normalized spacial score (nSPS) is 15.7. The van der Waals surface area contributed by atoms with Crippen LogP contribution in [0.25, 0.3) is 0 Å². The lowest BCUT2D eigenvalue weighted by atomic mass is 9.96. The molecule has 2 amide bonds. The SMILES string of the molecule is Cc1c(OCC(N)=O)ccc(C(C)N2CCN(C(=O)c3ccc(Cl)cc3)CC2)c1C. The summed E-state index contributed by atoms with van der Waals surface area (Å²) < 4.78 is 5.51. The molecule has 6 nitrogen and oxygen atoms in total. The molecule has 2 N–H and O–H groups in total. The van der Waals surface area contributed by atoms with Crippen LogP contribution in [0.15, 0.2) is 36.4 Å². The van der Waals surface area contributed by atoms with E-state index in [2.05, 4.69) is 24.8 Å². The molecule has 0 radical (unpaired) electrons. The Kier molecular flexibility index (Phi) is 7.00. The van der Waals surface area contributed by atoms with Crippen LogP contribution in [0.1, 0.15) is 40.0 Å². The van der Waals surface area contributed by atoms with Crippen molar-refractivity contribution in [3.63, 3.8) is 0 Å². The van der Waals surface area contributed by atoms with Crippen LogP contribution in [0.3, 0.4) is 0 Å². The van der Waals surface area contributed by atoms with Gasteiger partial charge in [0.2, 0.25) is 0 Å². The maximum absolute atomic E-state index is 12.7. The van der Waals surface area contributed by atoms with E-state index in [4.69, 9.17) is 22.1 Å². The van der Waals surface area contributed by atoms with Gasteiger partial charge in [-0.25, -0.2) is 0 Å². The van der Waals surface area contributed by atoms with Gasteiger partial charge in [-0.05, 0) is 67.8 Å². The molecule has 3 rings (SSSR count). The van der Waals surface area contributed by atoms with Gasteiger partial charge in [0.1, 0.15) is 5.75 Å². The predicted octanol–water partition coefficient (Wildman–Crippen LogP) is 3.34. The molecule has 160 valence electrons. The highest BCUT2D eigenvalue weighted by Crippen LogP contribution is 2.31. The van der Waals surface area contributed by atoms with Gasteiger partial charge < -0.3 is 15.4 Å². The van der Waals surface area contributed by atoms with Crippen LogP contribution in [-0.4, -0.2) is 54.4 Å². The fourth-order valence-electron chi connectivity index (χ4n) is 3.86. The van der Waals surface area contributed by atoms with Gasteiger partial charge in [-0.1, -0.05) is 17.7 Å². The maximum atomic E-state index is 12.7.